The van der Waals surface area contributed by atoms with Crippen molar-refractivity contribution in [1.82, 2.24) is 5.32 Å². The van der Waals surface area contributed by atoms with Crippen molar-refractivity contribution in [2.45, 2.75) is 38.5 Å². The summed E-state index contributed by atoms with van der Waals surface area (Å²) in [5.74, 6) is -1.38. The summed E-state index contributed by atoms with van der Waals surface area (Å²) >= 11 is 0. The van der Waals surface area contributed by atoms with Gasteiger partial charge in [-0.05, 0) is 49.8 Å². The van der Waals surface area contributed by atoms with E-state index in [1.807, 2.05) is 0 Å². The number of ether oxygens (including phenoxy) is 1. The number of benzene rings is 1. The van der Waals surface area contributed by atoms with E-state index in [2.05, 4.69) is 10.1 Å². The Bertz CT molecular complexity index is 676. The van der Waals surface area contributed by atoms with Crippen molar-refractivity contribution < 1.29 is 32.6 Å². The molecular weight excluding hydrogens is 339 g/mol. The molecule has 0 unspecified atom stereocenters. The summed E-state index contributed by atoms with van der Waals surface area (Å²) in [6.07, 6.45) is -1.83. The average molecular weight is 357 g/mol. The van der Waals surface area contributed by atoms with Crippen molar-refractivity contribution in [2.24, 2.45) is 10.8 Å². The van der Waals surface area contributed by atoms with Crippen molar-refractivity contribution in [3.63, 3.8) is 0 Å². The lowest BCUT2D eigenvalue weighted by Gasteiger charge is -2.18. The molecule has 1 aromatic rings. The summed E-state index contributed by atoms with van der Waals surface area (Å²) in [6.45, 7) is 0.126. The quantitative estimate of drug-likeness (QED) is 0.787. The second-order valence-electron chi connectivity index (χ2n) is 6.92. The molecule has 0 bridgehead atoms. The molecule has 0 saturated heterocycles. The van der Waals surface area contributed by atoms with Gasteiger partial charge in [0, 0.05) is 6.54 Å². The van der Waals surface area contributed by atoms with Gasteiger partial charge in [-0.25, -0.2) is 0 Å². The lowest BCUT2D eigenvalue weighted by atomic mass is 9.95. The van der Waals surface area contributed by atoms with E-state index in [9.17, 15) is 22.8 Å². The van der Waals surface area contributed by atoms with Crippen LogP contribution in [0.4, 0.5) is 13.2 Å². The molecule has 0 aromatic heterocycles. The van der Waals surface area contributed by atoms with Gasteiger partial charge >= 0.3 is 12.3 Å². The maximum Gasteiger partial charge on any atom is 0.573 e. The van der Waals surface area contributed by atoms with E-state index >= 15 is 0 Å². The third-order valence-electron chi connectivity index (χ3n) is 4.93. The lowest BCUT2D eigenvalue weighted by molar-refractivity contribution is -0.274. The van der Waals surface area contributed by atoms with Crippen LogP contribution < -0.4 is 10.1 Å². The topological polar surface area (TPSA) is 75.6 Å². The third-order valence-corrected chi connectivity index (χ3v) is 4.93. The number of halogens is 3. The Balaban J connectivity index is 1.56. The number of alkyl halides is 3. The van der Waals surface area contributed by atoms with Crippen LogP contribution in [0.25, 0.3) is 0 Å². The predicted molar refractivity (Wildman–Crippen MR) is 80.8 cm³/mol. The fourth-order valence-corrected chi connectivity index (χ4v) is 2.89. The van der Waals surface area contributed by atoms with E-state index in [-0.39, 0.29) is 18.2 Å². The first-order valence-electron chi connectivity index (χ1n) is 8.01. The first-order valence-corrected chi connectivity index (χ1v) is 8.01. The summed E-state index contributed by atoms with van der Waals surface area (Å²) in [7, 11) is 0. The van der Waals surface area contributed by atoms with Crippen LogP contribution in [0.3, 0.4) is 0 Å². The van der Waals surface area contributed by atoms with Gasteiger partial charge in [-0.1, -0.05) is 12.1 Å². The number of carboxylic acids is 1. The number of hydrogen-bond acceptors (Lipinski definition) is 3. The number of aliphatic carboxylic acids is 1. The predicted octanol–water partition coefficient (Wildman–Crippen LogP) is 2.89. The highest BCUT2D eigenvalue weighted by Crippen LogP contribution is 2.50. The maximum absolute atomic E-state index is 12.4. The van der Waals surface area contributed by atoms with Gasteiger partial charge in [-0.2, -0.15) is 0 Å². The number of carboxylic acid groups (broad SMARTS) is 1. The molecule has 25 heavy (non-hydrogen) atoms. The van der Waals surface area contributed by atoms with Gasteiger partial charge in [0.15, 0.2) is 0 Å². The number of amides is 1. The molecule has 0 atom stereocenters. The highest BCUT2D eigenvalue weighted by Gasteiger charge is 2.53. The van der Waals surface area contributed by atoms with Gasteiger partial charge in [0.2, 0.25) is 5.91 Å². The fourth-order valence-electron chi connectivity index (χ4n) is 2.89. The number of carbonyl (C=O) groups excluding carboxylic acids is 1. The monoisotopic (exact) mass is 357 g/mol. The Labute approximate surface area is 142 Å². The minimum atomic E-state index is -4.73. The standard InChI is InChI=1S/C17H18F3NO4/c18-17(19,20)25-12-3-1-11(2-4-12)9-15(5-6-15)13(22)21-10-16(7-8-16)14(23)24/h1-4H,5-10H2,(H,21,22)(H,23,24). The molecule has 136 valence electrons. The van der Waals surface area contributed by atoms with Crippen LogP contribution in [-0.4, -0.2) is 29.9 Å². The molecule has 2 N–H and O–H groups in total. The van der Waals surface area contributed by atoms with Crippen LogP contribution in [0.5, 0.6) is 5.75 Å². The zero-order valence-electron chi connectivity index (χ0n) is 13.4. The van der Waals surface area contributed by atoms with Gasteiger partial charge in [0.1, 0.15) is 5.75 Å². The number of rotatable bonds is 7. The van der Waals surface area contributed by atoms with E-state index in [0.717, 1.165) is 5.56 Å². The minimum absolute atomic E-state index is 0.126. The normalized spacial score (nSPS) is 19.8. The van der Waals surface area contributed by atoms with E-state index in [1.54, 1.807) is 0 Å². The van der Waals surface area contributed by atoms with Crippen LogP contribution in [0.2, 0.25) is 0 Å². The molecule has 2 aliphatic carbocycles. The second-order valence-corrected chi connectivity index (χ2v) is 6.92. The van der Waals surface area contributed by atoms with E-state index in [1.165, 1.54) is 24.3 Å². The van der Waals surface area contributed by atoms with Gasteiger partial charge in [-0.3, -0.25) is 9.59 Å². The fraction of sp³-hybridized carbons (Fsp3) is 0.529. The number of nitrogens with one attached hydrogen (secondary N) is 1. The summed E-state index contributed by atoms with van der Waals surface area (Å²) in [6, 6.07) is 5.46. The number of hydrogen-bond donors (Lipinski definition) is 2. The highest BCUT2D eigenvalue weighted by molar-refractivity contribution is 5.87. The van der Waals surface area contributed by atoms with Crippen LogP contribution in [-0.2, 0) is 16.0 Å². The molecule has 0 spiro atoms. The zero-order valence-corrected chi connectivity index (χ0v) is 13.4. The van der Waals surface area contributed by atoms with Crippen LogP contribution >= 0.6 is 0 Å². The molecule has 5 nitrogen and oxygen atoms in total. The molecule has 2 fully saturated rings. The van der Waals surface area contributed by atoms with Gasteiger partial charge in [0.05, 0.1) is 10.8 Å². The average Bonchev–Trinajstić information content (AvgIpc) is 3.41. The molecular formula is C17H18F3NO4. The molecule has 1 aromatic carbocycles. The van der Waals surface area contributed by atoms with E-state index in [4.69, 9.17) is 5.11 Å². The Kier molecular flexibility index (Phi) is 4.17. The maximum atomic E-state index is 12.4. The smallest absolute Gasteiger partial charge is 0.481 e. The van der Waals surface area contributed by atoms with E-state index < -0.39 is 23.2 Å². The molecule has 2 aliphatic rings. The van der Waals surface area contributed by atoms with Crippen molar-refractivity contribution in [2.75, 3.05) is 6.54 Å². The van der Waals surface area contributed by atoms with Crippen LogP contribution in [0.15, 0.2) is 24.3 Å². The van der Waals surface area contributed by atoms with E-state index in [0.29, 0.717) is 32.1 Å². The summed E-state index contributed by atoms with van der Waals surface area (Å²) in [4.78, 5) is 23.5. The van der Waals surface area contributed by atoms with Gasteiger partial charge < -0.3 is 15.2 Å². The highest BCUT2D eigenvalue weighted by atomic mass is 19.4. The lowest BCUT2D eigenvalue weighted by Crippen LogP contribution is -2.39. The third kappa shape index (κ3) is 4.05. The first kappa shape index (κ1) is 17.6. The Morgan fingerprint density at radius 2 is 1.64 bits per heavy atom. The molecule has 0 radical (unpaired) electrons. The summed E-state index contributed by atoms with van der Waals surface area (Å²) in [5, 5.41) is 11.9. The Morgan fingerprint density at radius 1 is 1.08 bits per heavy atom. The van der Waals surface area contributed by atoms with Crippen molar-refractivity contribution >= 4 is 11.9 Å². The minimum Gasteiger partial charge on any atom is -0.481 e. The van der Waals surface area contributed by atoms with Crippen molar-refractivity contribution in [1.29, 1.82) is 0 Å². The van der Waals surface area contributed by atoms with Gasteiger partial charge in [-0.15, -0.1) is 13.2 Å². The zero-order chi connectivity index (χ0) is 18.3. The van der Waals surface area contributed by atoms with Crippen LogP contribution in [0.1, 0.15) is 31.2 Å². The first-order chi connectivity index (χ1) is 11.6. The molecule has 2 saturated carbocycles. The molecule has 0 heterocycles. The summed E-state index contributed by atoms with van der Waals surface area (Å²) < 4.78 is 40.3. The number of carbonyl (C=O) groups is 2. The van der Waals surface area contributed by atoms with Crippen molar-refractivity contribution in [3.05, 3.63) is 29.8 Å². The van der Waals surface area contributed by atoms with Crippen LogP contribution in [0, 0.1) is 10.8 Å². The Morgan fingerprint density at radius 3 is 2.08 bits per heavy atom. The van der Waals surface area contributed by atoms with Crippen molar-refractivity contribution in [3.8, 4) is 5.75 Å². The molecule has 3 rings (SSSR count). The molecule has 8 heteroatoms. The Hall–Kier alpha value is -2.25. The molecule has 1 amide bonds. The second kappa shape index (κ2) is 5.93. The van der Waals surface area contributed by atoms with Gasteiger partial charge in [0.25, 0.3) is 0 Å². The summed E-state index contributed by atoms with van der Waals surface area (Å²) in [5.41, 5.74) is -0.662. The largest absolute Gasteiger partial charge is 0.573 e. The molecule has 0 aliphatic heterocycles. The SMILES string of the molecule is O=C(O)C1(CNC(=O)C2(Cc3ccc(OC(F)(F)F)cc3)CC2)CC1.